The fraction of sp³-hybridized carbons (Fsp3) is 0.696. The number of hydrogen-bond acceptors (Lipinski definition) is 3. The van der Waals surface area contributed by atoms with Crippen LogP contribution in [0.15, 0.2) is 24.3 Å². The molecule has 0 bridgehead atoms. The van der Waals surface area contributed by atoms with Crippen LogP contribution in [0.1, 0.15) is 56.1 Å². The molecule has 1 aromatic carbocycles. The van der Waals surface area contributed by atoms with E-state index in [1.165, 1.54) is 49.7 Å². The van der Waals surface area contributed by atoms with Gasteiger partial charge in [-0.15, -0.1) is 0 Å². The van der Waals surface area contributed by atoms with E-state index in [9.17, 15) is 0 Å². The number of aryl methyl sites for hydroxylation is 1. The lowest BCUT2D eigenvalue weighted by atomic mass is 10.1. The Morgan fingerprint density at radius 3 is 2.46 bits per heavy atom. The third-order valence-electron chi connectivity index (χ3n) is 5.97. The van der Waals surface area contributed by atoms with Crippen LogP contribution in [0.5, 0.6) is 0 Å². The van der Waals surface area contributed by atoms with Crippen LogP contribution in [0.25, 0.3) is 0 Å². The predicted molar refractivity (Wildman–Crippen MR) is 121 cm³/mol. The highest BCUT2D eigenvalue weighted by Crippen LogP contribution is 2.18. The Morgan fingerprint density at radius 1 is 1.11 bits per heavy atom. The second-order valence-electron chi connectivity index (χ2n) is 8.35. The van der Waals surface area contributed by atoms with Crippen molar-refractivity contribution in [1.82, 2.24) is 15.1 Å². The summed E-state index contributed by atoms with van der Waals surface area (Å²) in [6, 6.07) is 9.41. The third kappa shape index (κ3) is 7.34. The molecule has 1 aliphatic carbocycles. The summed E-state index contributed by atoms with van der Waals surface area (Å²) < 4.78 is 5.47. The number of thiocarbonyl (C=S) groups is 1. The molecule has 28 heavy (non-hydrogen) atoms. The molecular weight excluding hydrogens is 366 g/mol. The van der Waals surface area contributed by atoms with Crippen molar-refractivity contribution in [3.8, 4) is 0 Å². The Balaban J connectivity index is 1.55. The largest absolute Gasteiger partial charge is 0.379 e. The molecule has 2 fully saturated rings. The summed E-state index contributed by atoms with van der Waals surface area (Å²) in [6.45, 7) is 9.02. The van der Waals surface area contributed by atoms with Gasteiger partial charge in [-0.3, -0.25) is 4.90 Å². The minimum Gasteiger partial charge on any atom is -0.379 e. The topological polar surface area (TPSA) is 27.7 Å². The lowest BCUT2D eigenvalue weighted by molar-refractivity contribution is 0.0367. The van der Waals surface area contributed by atoms with Crippen molar-refractivity contribution in [1.29, 1.82) is 0 Å². The number of nitrogens with zero attached hydrogens (tertiary/aromatic N) is 2. The fourth-order valence-electron chi connectivity index (χ4n) is 4.17. The summed E-state index contributed by atoms with van der Waals surface area (Å²) in [5, 5.41) is 4.64. The predicted octanol–water partition coefficient (Wildman–Crippen LogP) is 4.12. The molecule has 1 aliphatic heterocycles. The maximum atomic E-state index is 5.88. The first-order valence-corrected chi connectivity index (χ1v) is 11.5. The van der Waals surface area contributed by atoms with Crippen molar-refractivity contribution in [2.24, 2.45) is 0 Å². The van der Waals surface area contributed by atoms with E-state index in [0.29, 0.717) is 6.04 Å². The van der Waals surface area contributed by atoms with Crippen molar-refractivity contribution in [3.05, 3.63) is 35.4 Å². The first kappa shape index (κ1) is 21.5. The molecule has 1 saturated heterocycles. The van der Waals surface area contributed by atoms with Crippen LogP contribution in [-0.2, 0) is 11.3 Å². The van der Waals surface area contributed by atoms with Crippen LogP contribution in [-0.4, -0.2) is 60.3 Å². The summed E-state index contributed by atoms with van der Waals surface area (Å²) in [7, 11) is 0. The van der Waals surface area contributed by atoms with Gasteiger partial charge in [-0.05, 0) is 44.0 Å². The van der Waals surface area contributed by atoms with Crippen molar-refractivity contribution >= 4 is 17.3 Å². The zero-order chi connectivity index (χ0) is 19.6. The van der Waals surface area contributed by atoms with Crippen LogP contribution in [0, 0.1) is 6.92 Å². The zero-order valence-electron chi connectivity index (χ0n) is 17.5. The second-order valence-corrected chi connectivity index (χ2v) is 8.74. The van der Waals surface area contributed by atoms with Gasteiger partial charge >= 0.3 is 0 Å². The molecule has 0 spiro atoms. The number of morpholine rings is 1. The highest BCUT2D eigenvalue weighted by molar-refractivity contribution is 7.80. The molecule has 5 heteroatoms. The molecule has 1 saturated carbocycles. The SMILES string of the molecule is Cc1ccc(CN(CCCN2CCOCC2)C(=S)NC2CCCCCC2)cc1. The molecule has 0 atom stereocenters. The highest BCUT2D eigenvalue weighted by Gasteiger charge is 2.18. The van der Waals surface area contributed by atoms with E-state index in [1.54, 1.807) is 0 Å². The summed E-state index contributed by atoms with van der Waals surface area (Å²) in [6.07, 6.45) is 9.05. The van der Waals surface area contributed by atoms with Gasteiger partial charge in [-0.25, -0.2) is 0 Å². The average Bonchev–Trinajstić information content (AvgIpc) is 2.98. The van der Waals surface area contributed by atoms with Gasteiger partial charge < -0.3 is 15.0 Å². The Bertz CT molecular complexity index is 578. The number of benzene rings is 1. The van der Waals surface area contributed by atoms with E-state index in [1.807, 2.05) is 0 Å². The molecule has 0 radical (unpaired) electrons. The smallest absolute Gasteiger partial charge is 0.169 e. The van der Waals surface area contributed by atoms with Crippen molar-refractivity contribution in [2.75, 3.05) is 39.4 Å². The number of nitrogens with one attached hydrogen (secondary N) is 1. The molecular formula is C23H37N3OS. The van der Waals surface area contributed by atoms with Crippen molar-refractivity contribution in [3.63, 3.8) is 0 Å². The average molecular weight is 404 g/mol. The first-order valence-electron chi connectivity index (χ1n) is 11.1. The Hall–Kier alpha value is -1.17. The maximum Gasteiger partial charge on any atom is 0.169 e. The van der Waals surface area contributed by atoms with Gasteiger partial charge in [0.15, 0.2) is 5.11 Å². The summed E-state index contributed by atoms with van der Waals surface area (Å²) in [4.78, 5) is 4.89. The van der Waals surface area contributed by atoms with Gasteiger partial charge in [0, 0.05) is 38.8 Å². The Morgan fingerprint density at radius 2 is 1.79 bits per heavy atom. The zero-order valence-corrected chi connectivity index (χ0v) is 18.3. The van der Waals surface area contributed by atoms with Crippen molar-refractivity contribution in [2.45, 2.75) is 64.5 Å². The third-order valence-corrected chi connectivity index (χ3v) is 6.35. The Labute approximate surface area is 176 Å². The lowest BCUT2D eigenvalue weighted by Crippen LogP contribution is -2.45. The van der Waals surface area contributed by atoms with Gasteiger partial charge in [-0.2, -0.15) is 0 Å². The highest BCUT2D eigenvalue weighted by atomic mass is 32.1. The van der Waals surface area contributed by atoms with Gasteiger partial charge in [-0.1, -0.05) is 55.5 Å². The Kier molecular flexibility index (Phi) is 9.03. The molecule has 0 unspecified atom stereocenters. The van der Waals surface area contributed by atoms with Crippen LogP contribution in [0.2, 0.25) is 0 Å². The minimum atomic E-state index is 0.551. The molecule has 0 amide bonds. The van der Waals surface area contributed by atoms with Crippen molar-refractivity contribution < 1.29 is 4.74 Å². The number of ether oxygens (including phenoxy) is 1. The van der Waals surface area contributed by atoms with E-state index < -0.39 is 0 Å². The standard InChI is InChI=1S/C23H37N3OS/c1-20-9-11-21(12-10-20)19-26(14-6-13-25-15-17-27-18-16-25)23(28)24-22-7-4-2-3-5-8-22/h9-12,22H,2-8,13-19H2,1H3,(H,24,28). The van der Waals surface area contributed by atoms with Crippen LogP contribution < -0.4 is 5.32 Å². The molecule has 3 rings (SSSR count). The normalized spacial score (nSPS) is 19.2. The molecule has 4 nitrogen and oxygen atoms in total. The molecule has 2 aliphatic rings. The number of rotatable bonds is 7. The summed E-state index contributed by atoms with van der Waals surface area (Å²) >= 11 is 5.88. The molecule has 0 aromatic heterocycles. The molecule has 1 N–H and O–H groups in total. The molecule has 1 aromatic rings. The van der Waals surface area contributed by atoms with Crippen LogP contribution >= 0.6 is 12.2 Å². The molecule has 1 heterocycles. The monoisotopic (exact) mass is 403 g/mol. The minimum absolute atomic E-state index is 0.551. The van der Waals surface area contributed by atoms with E-state index in [4.69, 9.17) is 17.0 Å². The number of hydrogen-bond donors (Lipinski definition) is 1. The van der Waals surface area contributed by atoms with Crippen LogP contribution in [0.4, 0.5) is 0 Å². The van der Waals surface area contributed by atoms with E-state index in [-0.39, 0.29) is 0 Å². The van der Waals surface area contributed by atoms with Gasteiger partial charge in [0.2, 0.25) is 0 Å². The van der Waals surface area contributed by atoms with E-state index in [0.717, 1.165) is 57.5 Å². The van der Waals surface area contributed by atoms with Gasteiger partial charge in [0.25, 0.3) is 0 Å². The summed E-state index contributed by atoms with van der Waals surface area (Å²) in [5.41, 5.74) is 2.64. The lowest BCUT2D eigenvalue weighted by Gasteiger charge is -2.31. The second kappa shape index (κ2) is 11.7. The van der Waals surface area contributed by atoms with Gasteiger partial charge in [0.1, 0.15) is 0 Å². The van der Waals surface area contributed by atoms with E-state index >= 15 is 0 Å². The molecule has 156 valence electrons. The van der Waals surface area contributed by atoms with Gasteiger partial charge in [0.05, 0.1) is 13.2 Å². The fourth-order valence-corrected chi connectivity index (χ4v) is 4.49. The van der Waals surface area contributed by atoms with Crippen LogP contribution in [0.3, 0.4) is 0 Å². The quantitative estimate of drug-likeness (QED) is 0.546. The van der Waals surface area contributed by atoms with E-state index in [2.05, 4.69) is 46.3 Å². The summed E-state index contributed by atoms with van der Waals surface area (Å²) in [5.74, 6) is 0. The maximum absolute atomic E-state index is 5.88. The first-order chi connectivity index (χ1) is 13.7.